The number of carbonyl (C=O) groups excluding carboxylic acids is 1. The quantitative estimate of drug-likeness (QED) is 0.642. The fourth-order valence-electron chi connectivity index (χ4n) is 0.487. The molecule has 12 heavy (non-hydrogen) atoms. The minimum Gasteiger partial charge on any atom is -0.479 e. The Bertz CT molecular complexity index is 201. The first-order valence-corrected chi connectivity index (χ1v) is 2.81. The molecule has 70 valence electrons. The van der Waals surface area contributed by atoms with Crippen molar-refractivity contribution in [1.82, 2.24) is 5.32 Å². The summed E-state index contributed by atoms with van der Waals surface area (Å²) in [6, 6.07) is -2.82. The fourth-order valence-corrected chi connectivity index (χ4v) is 0.487. The number of nitrogens with one attached hydrogen (secondary N) is 1. The summed E-state index contributed by atoms with van der Waals surface area (Å²) in [6.45, 7) is 0.807. The molecule has 0 saturated heterocycles. The molecule has 0 aromatic heterocycles. The molecule has 0 aliphatic heterocycles. The van der Waals surface area contributed by atoms with Crippen LogP contribution in [-0.2, 0) is 9.59 Å². The molecule has 0 radical (unpaired) electrons. The van der Waals surface area contributed by atoms with E-state index in [1.165, 1.54) is 5.32 Å². The zero-order valence-electron chi connectivity index (χ0n) is 5.97. The molecule has 0 fully saturated rings. The molecule has 7 heteroatoms. The Morgan fingerprint density at radius 2 is 1.83 bits per heavy atom. The van der Waals surface area contributed by atoms with E-state index in [9.17, 15) is 22.8 Å². The molecule has 0 aliphatic rings. The molecule has 2 N–H and O–H groups in total. The van der Waals surface area contributed by atoms with Gasteiger partial charge in [-0.25, -0.2) is 4.79 Å². The van der Waals surface area contributed by atoms with Crippen molar-refractivity contribution in [2.24, 2.45) is 0 Å². The van der Waals surface area contributed by atoms with Crippen LogP contribution in [0, 0.1) is 0 Å². The Labute approximate surface area is 65.4 Å². The number of carbonyl (C=O) groups is 2. The SMILES string of the molecule is CC(=O)NC(C(=O)O)C(F)(F)F. The normalized spacial score (nSPS) is 13.7. The minimum atomic E-state index is -4.96. The molecule has 0 aromatic carbocycles. The maximum atomic E-state index is 11.7. The van der Waals surface area contributed by atoms with Gasteiger partial charge in [0, 0.05) is 6.92 Å². The van der Waals surface area contributed by atoms with Crippen LogP contribution in [0.15, 0.2) is 0 Å². The van der Waals surface area contributed by atoms with Gasteiger partial charge < -0.3 is 10.4 Å². The number of rotatable bonds is 2. The number of aliphatic carboxylic acids is 1. The molecule has 1 atom stereocenters. The first kappa shape index (κ1) is 10.7. The number of hydrogen-bond donors (Lipinski definition) is 2. The van der Waals surface area contributed by atoms with Gasteiger partial charge in [-0.15, -0.1) is 0 Å². The van der Waals surface area contributed by atoms with Gasteiger partial charge in [0.2, 0.25) is 11.9 Å². The predicted molar refractivity (Wildman–Crippen MR) is 31.3 cm³/mol. The second-order valence-corrected chi connectivity index (χ2v) is 2.01. The minimum absolute atomic E-state index is 0.807. The smallest absolute Gasteiger partial charge is 0.419 e. The first-order valence-electron chi connectivity index (χ1n) is 2.81. The highest BCUT2D eigenvalue weighted by atomic mass is 19.4. The molecule has 0 spiro atoms. The lowest BCUT2D eigenvalue weighted by Crippen LogP contribution is -2.49. The van der Waals surface area contributed by atoms with Crippen LogP contribution in [0.1, 0.15) is 6.92 Å². The van der Waals surface area contributed by atoms with Crippen LogP contribution in [-0.4, -0.2) is 29.2 Å². The Hall–Kier alpha value is -1.27. The molecule has 0 saturated carbocycles. The predicted octanol–water partition coefficient (Wildman–Crippen LogP) is 0.138. The molecule has 1 amide bonds. The highest BCUT2D eigenvalue weighted by Crippen LogP contribution is 2.20. The Morgan fingerprint density at radius 3 is 1.92 bits per heavy atom. The van der Waals surface area contributed by atoms with E-state index in [2.05, 4.69) is 0 Å². The summed E-state index contributed by atoms with van der Waals surface area (Å²) in [5, 5.41) is 9.28. The van der Waals surface area contributed by atoms with Crippen molar-refractivity contribution in [3.63, 3.8) is 0 Å². The number of carboxylic acid groups (broad SMARTS) is 1. The van der Waals surface area contributed by atoms with E-state index >= 15 is 0 Å². The molecule has 1 unspecified atom stereocenters. The van der Waals surface area contributed by atoms with E-state index in [1.54, 1.807) is 0 Å². The van der Waals surface area contributed by atoms with E-state index in [4.69, 9.17) is 5.11 Å². The summed E-state index contributed by atoms with van der Waals surface area (Å²) >= 11 is 0. The lowest BCUT2D eigenvalue weighted by molar-refractivity contribution is -0.181. The summed E-state index contributed by atoms with van der Waals surface area (Å²) in [5.74, 6) is -3.17. The van der Waals surface area contributed by atoms with Crippen molar-refractivity contribution in [1.29, 1.82) is 0 Å². The van der Waals surface area contributed by atoms with Crippen molar-refractivity contribution in [3.05, 3.63) is 0 Å². The van der Waals surface area contributed by atoms with Crippen LogP contribution in [0.25, 0.3) is 0 Å². The van der Waals surface area contributed by atoms with Crippen molar-refractivity contribution in [2.45, 2.75) is 19.1 Å². The van der Waals surface area contributed by atoms with E-state index in [1.807, 2.05) is 0 Å². The maximum Gasteiger partial charge on any atom is 0.419 e. The molecular formula is C5H6F3NO3. The molecule has 0 aliphatic carbocycles. The van der Waals surface area contributed by atoms with Gasteiger partial charge in [-0.3, -0.25) is 4.79 Å². The van der Waals surface area contributed by atoms with E-state index in [0.29, 0.717) is 0 Å². The number of halogens is 3. The summed E-state index contributed by atoms with van der Waals surface area (Å²) in [4.78, 5) is 20.1. The summed E-state index contributed by atoms with van der Waals surface area (Å²) in [5.41, 5.74) is 0. The van der Waals surface area contributed by atoms with E-state index < -0.39 is 24.1 Å². The second-order valence-electron chi connectivity index (χ2n) is 2.01. The monoisotopic (exact) mass is 185 g/mol. The average Bonchev–Trinajstić information content (AvgIpc) is 1.79. The van der Waals surface area contributed by atoms with Crippen LogP contribution in [0.4, 0.5) is 13.2 Å². The zero-order chi connectivity index (χ0) is 9.94. The first-order chi connectivity index (χ1) is 5.25. The lowest BCUT2D eigenvalue weighted by atomic mass is 10.3. The highest BCUT2D eigenvalue weighted by molar-refractivity contribution is 5.82. The van der Waals surface area contributed by atoms with E-state index in [-0.39, 0.29) is 0 Å². The zero-order valence-corrected chi connectivity index (χ0v) is 5.97. The third kappa shape index (κ3) is 3.22. The molecular weight excluding hydrogens is 179 g/mol. The Kier molecular flexibility index (Phi) is 3.06. The van der Waals surface area contributed by atoms with Crippen molar-refractivity contribution in [3.8, 4) is 0 Å². The lowest BCUT2D eigenvalue weighted by Gasteiger charge is -2.15. The van der Waals surface area contributed by atoms with Crippen LogP contribution < -0.4 is 5.32 Å². The van der Waals surface area contributed by atoms with Crippen LogP contribution in [0.5, 0.6) is 0 Å². The number of amides is 1. The standard InChI is InChI=1S/C5H6F3NO3/c1-2(10)9-3(4(11)12)5(6,7)8/h3H,1H3,(H,9,10)(H,11,12). The fraction of sp³-hybridized carbons (Fsp3) is 0.600. The topological polar surface area (TPSA) is 66.4 Å². The van der Waals surface area contributed by atoms with Crippen LogP contribution in [0.2, 0.25) is 0 Å². The van der Waals surface area contributed by atoms with Crippen molar-refractivity contribution >= 4 is 11.9 Å². The third-order valence-corrected chi connectivity index (χ3v) is 0.922. The molecule has 0 bridgehead atoms. The second kappa shape index (κ2) is 3.42. The van der Waals surface area contributed by atoms with Crippen LogP contribution in [0.3, 0.4) is 0 Å². The number of hydrogen-bond acceptors (Lipinski definition) is 2. The Morgan fingerprint density at radius 1 is 1.42 bits per heavy atom. The van der Waals surface area contributed by atoms with Gasteiger partial charge in [0.05, 0.1) is 0 Å². The molecule has 0 heterocycles. The number of carboxylic acids is 1. The molecule has 4 nitrogen and oxygen atoms in total. The highest BCUT2D eigenvalue weighted by Gasteiger charge is 2.45. The molecule has 0 rings (SSSR count). The summed E-state index contributed by atoms with van der Waals surface area (Å²) in [6.07, 6.45) is -4.96. The van der Waals surface area contributed by atoms with Gasteiger partial charge in [-0.05, 0) is 0 Å². The molecule has 0 aromatic rings. The summed E-state index contributed by atoms with van der Waals surface area (Å²) in [7, 11) is 0. The van der Waals surface area contributed by atoms with Gasteiger partial charge in [-0.2, -0.15) is 13.2 Å². The average molecular weight is 185 g/mol. The van der Waals surface area contributed by atoms with Gasteiger partial charge in [0.25, 0.3) is 0 Å². The van der Waals surface area contributed by atoms with Gasteiger partial charge >= 0.3 is 12.1 Å². The summed E-state index contributed by atoms with van der Waals surface area (Å²) < 4.78 is 35.2. The number of alkyl halides is 3. The van der Waals surface area contributed by atoms with Crippen molar-refractivity contribution < 1.29 is 27.9 Å². The van der Waals surface area contributed by atoms with Gasteiger partial charge in [0.15, 0.2) is 0 Å². The van der Waals surface area contributed by atoms with E-state index in [0.717, 1.165) is 6.92 Å². The van der Waals surface area contributed by atoms with Crippen LogP contribution >= 0.6 is 0 Å². The third-order valence-electron chi connectivity index (χ3n) is 0.922. The maximum absolute atomic E-state index is 11.7. The van der Waals surface area contributed by atoms with Gasteiger partial charge in [-0.1, -0.05) is 0 Å². The van der Waals surface area contributed by atoms with Crippen molar-refractivity contribution in [2.75, 3.05) is 0 Å². The van der Waals surface area contributed by atoms with Gasteiger partial charge in [0.1, 0.15) is 0 Å². The largest absolute Gasteiger partial charge is 0.479 e. The Balaban J connectivity index is 4.46.